The van der Waals surface area contributed by atoms with Crippen LogP contribution in [0.4, 0.5) is 0 Å². The first-order chi connectivity index (χ1) is 10.7. The molecule has 1 aromatic carbocycles. The first kappa shape index (κ1) is 16.9. The fraction of sp³-hybridized carbons (Fsp3) is 0.632. The van der Waals surface area contributed by atoms with Gasteiger partial charge in [-0.25, -0.2) is 0 Å². The Hall–Kier alpha value is -1.51. The third-order valence-electron chi connectivity index (χ3n) is 4.38. The summed E-state index contributed by atoms with van der Waals surface area (Å²) in [5.74, 6) is 0.814. The lowest BCUT2D eigenvalue weighted by molar-refractivity contribution is -0.129. The maximum Gasteiger partial charge on any atom is 0.261 e. The first-order valence-corrected chi connectivity index (χ1v) is 8.72. The molecule has 22 heavy (non-hydrogen) atoms. The van der Waals surface area contributed by atoms with E-state index in [-0.39, 0.29) is 5.91 Å². The van der Waals surface area contributed by atoms with Gasteiger partial charge in [-0.05, 0) is 43.9 Å². The van der Waals surface area contributed by atoms with E-state index in [1.54, 1.807) is 0 Å². The molecule has 0 spiro atoms. The number of rotatable bonds is 5. The highest BCUT2D eigenvalue weighted by molar-refractivity contribution is 5.81. The Morgan fingerprint density at radius 2 is 1.91 bits per heavy atom. The Morgan fingerprint density at radius 3 is 2.55 bits per heavy atom. The lowest BCUT2D eigenvalue weighted by Gasteiger charge is -2.24. The van der Waals surface area contributed by atoms with E-state index in [0.29, 0.717) is 12.5 Å². The van der Waals surface area contributed by atoms with Crippen LogP contribution in [-0.4, -0.2) is 18.1 Å². The van der Waals surface area contributed by atoms with Crippen molar-refractivity contribution in [3.05, 3.63) is 29.8 Å². The topological polar surface area (TPSA) is 38.3 Å². The van der Waals surface area contributed by atoms with Crippen molar-refractivity contribution in [2.45, 2.75) is 77.4 Å². The second-order valence-corrected chi connectivity index (χ2v) is 6.38. The summed E-state index contributed by atoms with van der Waals surface area (Å²) in [4.78, 5) is 12.5. The van der Waals surface area contributed by atoms with Gasteiger partial charge in [0.05, 0.1) is 0 Å². The second kappa shape index (κ2) is 8.82. The summed E-state index contributed by atoms with van der Waals surface area (Å²) in [5, 5.41) is 3.21. The van der Waals surface area contributed by atoms with E-state index in [4.69, 9.17) is 4.74 Å². The van der Waals surface area contributed by atoms with Gasteiger partial charge in [0.25, 0.3) is 5.91 Å². The van der Waals surface area contributed by atoms with Gasteiger partial charge >= 0.3 is 0 Å². The van der Waals surface area contributed by atoms with Crippen LogP contribution in [0.1, 0.15) is 63.9 Å². The lowest BCUT2D eigenvalue weighted by Crippen LogP contribution is -2.43. The van der Waals surface area contributed by atoms with Gasteiger partial charge in [0.15, 0.2) is 6.10 Å². The van der Waals surface area contributed by atoms with Gasteiger partial charge in [-0.15, -0.1) is 0 Å². The number of amides is 1. The molecule has 0 aliphatic heterocycles. The number of carbonyl (C=O) groups excluding carboxylic acids is 1. The van der Waals surface area contributed by atoms with Gasteiger partial charge in [-0.1, -0.05) is 51.2 Å². The number of benzene rings is 1. The molecule has 122 valence electrons. The molecule has 1 atom stereocenters. The predicted molar refractivity (Wildman–Crippen MR) is 90.1 cm³/mol. The van der Waals surface area contributed by atoms with Crippen molar-refractivity contribution in [3.8, 4) is 5.75 Å². The van der Waals surface area contributed by atoms with E-state index in [9.17, 15) is 4.79 Å². The highest BCUT2D eigenvalue weighted by Crippen LogP contribution is 2.19. The van der Waals surface area contributed by atoms with E-state index >= 15 is 0 Å². The highest BCUT2D eigenvalue weighted by atomic mass is 16.5. The van der Waals surface area contributed by atoms with Crippen LogP contribution >= 0.6 is 0 Å². The van der Waals surface area contributed by atoms with Crippen molar-refractivity contribution >= 4 is 5.91 Å². The van der Waals surface area contributed by atoms with Gasteiger partial charge in [-0.3, -0.25) is 4.79 Å². The van der Waals surface area contributed by atoms with Crippen LogP contribution in [0, 0.1) is 6.92 Å². The molecule has 2 rings (SSSR count). The lowest BCUT2D eigenvalue weighted by atomic mass is 9.96. The number of hydrogen-bond donors (Lipinski definition) is 1. The van der Waals surface area contributed by atoms with Gasteiger partial charge in [0.2, 0.25) is 0 Å². The highest BCUT2D eigenvalue weighted by Gasteiger charge is 2.22. The van der Waals surface area contributed by atoms with Gasteiger partial charge in [0.1, 0.15) is 5.75 Å². The van der Waals surface area contributed by atoms with E-state index in [1.807, 2.05) is 38.1 Å². The third-order valence-corrected chi connectivity index (χ3v) is 4.38. The van der Waals surface area contributed by atoms with Crippen molar-refractivity contribution < 1.29 is 9.53 Å². The van der Waals surface area contributed by atoms with Crippen molar-refractivity contribution in [1.29, 1.82) is 0 Å². The Bertz CT molecular complexity index is 464. The summed E-state index contributed by atoms with van der Waals surface area (Å²) in [6.07, 6.45) is 8.88. The molecule has 3 nitrogen and oxygen atoms in total. The molecule has 1 aromatic rings. The normalized spacial score (nSPS) is 18.1. The molecule has 1 aliphatic carbocycles. The number of aryl methyl sites for hydroxylation is 1. The zero-order valence-corrected chi connectivity index (χ0v) is 13.9. The zero-order chi connectivity index (χ0) is 15.8. The fourth-order valence-corrected chi connectivity index (χ4v) is 3.07. The van der Waals surface area contributed by atoms with Gasteiger partial charge in [0, 0.05) is 6.04 Å². The summed E-state index contributed by atoms with van der Waals surface area (Å²) >= 11 is 0. The third kappa shape index (κ3) is 5.36. The van der Waals surface area contributed by atoms with Gasteiger partial charge in [-0.2, -0.15) is 0 Å². The minimum absolute atomic E-state index is 0.0366. The SMILES string of the molecule is CCC(Oc1cccc(C)c1)C(=O)NC1CCCCCCC1. The van der Waals surface area contributed by atoms with E-state index in [2.05, 4.69) is 5.32 Å². The quantitative estimate of drug-likeness (QED) is 0.876. The molecule has 0 heterocycles. The molecular formula is C19H29NO2. The Morgan fingerprint density at radius 1 is 1.23 bits per heavy atom. The van der Waals surface area contributed by atoms with Crippen molar-refractivity contribution in [2.75, 3.05) is 0 Å². The molecule has 0 saturated heterocycles. The Balaban J connectivity index is 1.90. The fourth-order valence-electron chi connectivity index (χ4n) is 3.07. The van der Waals surface area contributed by atoms with E-state index in [1.165, 1.54) is 32.1 Å². The summed E-state index contributed by atoms with van der Waals surface area (Å²) in [6, 6.07) is 8.21. The minimum Gasteiger partial charge on any atom is -0.481 e. The number of nitrogens with one attached hydrogen (secondary N) is 1. The predicted octanol–water partition coefficient (Wildman–Crippen LogP) is 4.38. The molecule has 1 N–H and O–H groups in total. The van der Waals surface area contributed by atoms with Crippen LogP contribution in [0.5, 0.6) is 5.75 Å². The van der Waals surface area contributed by atoms with Crippen molar-refractivity contribution in [2.24, 2.45) is 0 Å². The Kier molecular flexibility index (Phi) is 6.75. The van der Waals surface area contributed by atoms with Crippen LogP contribution in [0.3, 0.4) is 0 Å². The van der Waals surface area contributed by atoms with Crippen LogP contribution in [0.2, 0.25) is 0 Å². The summed E-state index contributed by atoms with van der Waals surface area (Å²) < 4.78 is 5.89. The maximum absolute atomic E-state index is 12.5. The number of ether oxygens (including phenoxy) is 1. The molecule has 0 radical (unpaired) electrons. The largest absolute Gasteiger partial charge is 0.481 e. The first-order valence-electron chi connectivity index (χ1n) is 8.72. The summed E-state index contributed by atoms with van der Waals surface area (Å²) in [5.41, 5.74) is 1.15. The van der Waals surface area contributed by atoms with Crippen LogP contribution < -0.4 is 10.1 Å². The van der Waals surface area contributed by atoms with Crippen molar-refractivity contribution in [1.82, 2.24) is 5.32 Å². The summed E-state index contributed by atoms with van der Waals surface area (Å²) in [6.45, 7) is 4.03. The molecule has 1 fully saturated rings. The standard InChI is InChI=1S/C19H29NO2/c1-3-18(22-17-13-9-10-15(2)14-17)19(21)20-16-11-7-5-4-6-8-12-16/h9-10,13-14,16,18H,3-8,11-12H2,1-2H3,(H,20,21). The molecule has 0 bridgehead atoms. The molecule has 1 amide bonds. The molecule has 0 aromatic heterocycles. The zero-order valence-electron chi connectivity index (χ0n) is 13.9. The minimum atomic E-state index is -0.396. The van der Waals surface area contributed by atoms with Gasteiger partial charge < -0.3 is 10.1 Å². The Labute approximate surface area is 134 Å². The second-order valence-electron chi connectivity index (χ2n) is 6.38. The van der Waals surface area contributed by atoms with Crippen LogP contribution in [0.15, 0.2) is 24.3 Å². The maximum atomic E-state index is 12.5. The smallest absolute Gasteiger partial charge is 0.261 e. The number of hydrogen-bond acceptors (Lipinski definition) is 2. The molecule has 1 aliphatic rings. The molecule has 1 saturated carbocycles. The van der Waals surface area contributed by atoms with E-state index < -0.39 is 6.10 Å². The van der Waals surface area contributed by atoms with Crippen LogP contribution in [0.25, 0.3) is 0 Å². The number of carbonyl (C=O) groups is 1. The van der Waals surface area contributed by atoms with E-state index in [0.717, 1.165) is 24.2 Å². The molecule has 1 unspecified atom stereocenters. The summed E-state index contributed by atoms with van der Waals surface area (Å²) in [7, 11) is 0. The molecule has 3 heteroatoms. The molecular weight excluding hydrogens is 274 g/mol. The average Bonchev–Trinajstić information content (AvgIpc) is 2.47. The monoisotopic (exact) mass is 303 g/mol. The van der Waals surface area contributed by atoms with Crippen molar-refractivity contribution in [3.63, 3.8) is 0 Å². The average molecular weight is 303 g/mol. The van der Waals surface area contributed by atoms with Crippen LogP contribution in [-0.2, 0) is 4.79 Å².